The van der Waals surface area contributed by atoms with Crippen molar-refractivity contribution in [1.29, 1.82) is 0 Å². The molecule has 0 radical (unpaired) electrons. The summed E-state index contributed by atoms with van der Waals surface area (Å²) in [5.41, 5.74) is 0.316. The van der Waals surface area contributed by atoms with Gasteiger partial charge < -0.3 is 4.74 Å². The smallest absolute Gasteiger partial charge is 0.339 e. The Bertz CT molecular complexity index is 820. The van der Waals surface area contributed by atoms with Crippen LogP contribution < -0.4 is 4.72 Å². The second kappa shape index (κ2) is 7.25. The van der Waals surface area contributed by atoms with Crippen molar-refractivity contribution in [3.63, 3.8) is 0 Å². The third kappa shape index (κ3) is 4.19. The second-order valence-corrected chi connectivity index (χ2v) is 7.44. The lowest BCUT2D eigenvalue weighted by Crippen LogP contribution is -2.13. The molecule has 2 aromatic rings. The minimum atomic E-state index is -3.75. The fourth-order valence-electron chi connectivity index (χ4n) is 1.82. The summed E-state index contributed by atoms with van der Waals surface area (Å²) in [6, 6.07) is 10.7. The monoisotopic (exact) mass is 371 g/mol. The van der Waals surface area contributed by atoms with Crippen molar-refractivity contribution in [3.8, 4) is 0 Å². The molecule has 0 aromatic heterocycles. The average Bonchev–Trinajstić information content (AvgIpc) is 2.55. The van der Waals surface area contributed by atoms with E-state index in [4.69, 9.17) is 11.6 Å². The number of nitrogens with one attached hydrogen (secondary N) is 1. The molecule has 0 amide bonds. The Kier molecular flexibility index (Phi) is 5.56. The van der Waals surface area contributed by atoms with Crippen LogP contribution in [0.1, 0.15) is 10.4 Å². The molecule has 0 aliphatic carbocycles. The van der Waals surface area contributed by atoms with Crippen molar-refractivity contribution in [2.75, 3.05) is 18.1 Å². The molecular formula is C15H14ClNO4S2. The molecule has 0 fully saturated rings. The van der Waals surface area contributed by atoms with E-state index in [0.29, 0.717) is 0 Å². The van der Waals surface area contributed by atoms with Gasteiger partial charge in [0, 0.05) is 10.6 Å². The largest absolute Gasteiger partial charge is 0.465 e. The molecule has 2 aromatic carbocycles. The number of hydrogen-bond acceptors (Lipinski definition) is 5. The summed E-state index contributed by atoms with van der Waals surface area (Å²) >= 11 is 7.43. The van der Waals surface area contributed by atoms with E-state index in [1.165, 1.54) is 49.2 Å². The molecule has 0 atom stereocenters. The Hall–Kier alpha value is -1.70. The number of anilines is 1. The van der Waals surface area contributed by atoms with Crippen molar-refractivity contribution < 1.29 is 17.9 Å². The van der Waals surface area contributed by atoms with Crippen molar-refractivity contribution in [2.45, 2.75) is 9.79 Å². The van der Waals surface area contributed by atoms with E-state index in [0.717, 1.165) is 4.90 Å². The standard InChI is InChI=1S/C15H14ClNO4S2/c1-21-15(18)13-9-10(3-8-14(13)16)17-23(19,20)12-6-4-11(22-2)5-7-12/h3-9,17H,1-2H3. The first-order chi connectivity index (χ1) is 10.9. The molecular weight excluding hydrogens is 358 g/mol. The van der Waals surface area contributed by atoms with Crippen LogP contribution in [0.4, 0.5) is 5.69 Å². The summed E-state index contributed by atoms with van der Waals surface area (Å²) in [5.74, 6) is -0.639. The zero-order chi connectivity index (χ0) is 17.0. The van der Waals surface area contributed by atoms with Crippen molar-refractivity contribution >= 4 is 45.0 Å². The first kappa shape index (κ1) is 17.7. The minimum absolute atomic E-state index is 0.0899. The number of ether oxygens (including phenoxy) is 1. The number of thioether (sulfide) groups is 1. The molecule has 122 valence electrons. The summed E-state index contributed by atoms with van der Waals surface area (Å²) in [6.07, 6.45) is 1.91. The first-order valence-electron chi connectivity index (χ1n) is 6.42. The number of benzene rings is 2. The van der Waals surface area contributed by atoms with Gasteiger partial charge in [-0.15, -0.1) is 11.8 Å². The maximum atomic E-state index is 12.4. The lowest BCUT2D eigenvalue weighted by molar-refractivity contribution is 0.0601. The van der Waals surface area contributed by atoms with Gasteiger partial charge in [-0.3, -0.25) is 4.72 Å². The molecule has 0 spiro atoms. The predicted molar refractivity (Wildman–Crippen MR) is 91.8 cm³/mol. The van der Waals surface area contributed by atoms with Gasteiger partial charge in [0.05, 0.1) is 22.6 Å². The molecule has 0 saturated heterocycles. The highest BCUT2D eigenvalue weighted by Crippen LogP contribution is 2.24. The molecule has 8 heteroatoms. The summed E-state index contributed by atoms with van der Waals surface area (Å²) in [6.45, 7) is 0. The van der Waals surface area contributed by atoms with Gasteiger partial charge in [-0.1, -0.05) is 11.6 Å². The highest BCUT2D eigenvalue weighted by molar-refractivity contribution is 7.98. The van der Waals surface area contributed by atoms with Crippen LogP contribution in [0.5, 0.6) is 0 Å². The highest BCUT2D eigenvalue weighted by atomic mass is 35.5. The fraction of sp³-hybridized carbons (Fsp3) is 0.133. The number of rotatable bonds is 5. The van der Waals surface area contributed by atoms with Crippen LogP contribution in [0.25, 0.3) is 0 Å². The van der Waals surface area contributed by atoms with E-state index >= 15 is 0 Å². The fourth-order valence-corrected chi connectivity index (χ4v) is 3.48. The number of esters is 1. The molecule has 0 aliphatic heterocycles. The van der Waals surface area contributed by atoms with Crippen LogP contribution >= 0.6 is 23.4 Å². The van der Waals surface area contributed by atoms with Crippen LogP contribution in [0.2, 0.25) is 5.02 Å². The Balaban J connectivity index is 2.31. The molecule has 23 heavy (non-hydrogen) atoms. The van der Waals surface area contributed by atoms with E-state index in [9.17, 15) is 13.2 Å². The van der Waals surface area contributed by atoms with Gasteiger partial charge in [0.1, 0.15) is 0 Å². The Morgan fingerprint density at radius 3 is 2.39 bits per heavy atom. The van der Waals surface area contributed by atoms with Gasteiger partial charge in [-0.25, -0.2) is 13.2 Å². The molecule has 0 bridgehead atoms. The normalized spacial score (nSPS) is 11.1. The van der Waals surface area contributed by atoms with Gasteiger partial charge in [0.25, 0.3) is 10.0 Å². The maximum Gasteiger partial charge on any atom is 0.339 e. The van der Waals surface area contributed by atoms with Crippen molar-refractivity contribution in [3.05, 3.63) is 53.1 Å². The third-order valence-electron chi connectivity index (χ3n) is 2.99. The Morgan fingerprint density at radius 2 is 1.83 bits per heavy atom. The number of carbonyl (C=O) groups is 1. The SMILES string of the molecule is COC(=O)c1cc(NS(=O)(=O)c2ccc(SC)cc2)ccc1Cl. The van der Waals surface area contributed by atoms with Gasteiger partial charge in [0.15, 0.2) is 0 Å². The zero-order valence-electron chi connectivity index (χ0n) is 12.4. The maximum absolute atomic E-state index is 12.4. The highest BCUT2D eigenvalue weighted by Gasteiger charge is 2.17. The number of hydrogen-bond donors (Lipinski definition) is 1. The van der Waals surface area contributed by atoms with Gasteiger partial charge in [-0.05, 0) is 48.7 Å². The van der Waals surface area contributed by atoms with Crippen LogP contribution in [-0.2, 0) is 14.8 Å². The third-order valence-corrected chi connectivity index (χ3v) is 5.46. The average molecular weight is 372 g/mol. The molecule has 0 heterocycles. The second-order valence-electron chi connectivity index (χ2n) is 4.47. The lowest BCUT2D eigenvalue weighted by atomic mass is 10.2. The van der Waals surface area contributed by atoms with Gasteiger partial charge in [-0.2, -0.15) is 0 Å². The number of sulfonamides is 1. The predicted octanol–water partition coefficient (Wildman–Crippen LogP) is 3.65. The van der Waals surface area contributed by atoms with Gasteiger partial charge >= 0.3 is 5.97 Å². The van der Waals surface area contributed by atoms with Crippen LogP contribution in [0.15, 0.2) is 52.3 Å². The topological polar surface area (TPSA) is 72.5 Å². The van der Waals surface area contributed by atoms with Crippen molar-refractivity contribution in [2.24, 2.45) is 0 Å². The summed E-state index contributed by atoms with van der Waals surface area (Å²) in [5, 5.41) is 0.184. The van der Waals surface area contributed by atoms with Crippen LogP contribution in [-0.4, -0.2) is 27.8 Å². The molecule has 1 N–H and O–H groups in total. The van der Waals surface area contributed by atoms with Crippen LogP contribution in [0.3, 0.4) is 0 Å². The Morgan fingerprint density at radius 1 is 1.17 bits per heavy atom. The van der Waals surface area contributed by atoms with E-state index in [1.807, 2.05) is 6.26 Å². The zero-order valence-corrected chi connectivity index (χ0v) is 14.8. The molecule has 5 nitrogen and oxygen atoms in total. The minimum Gasteiger partial charge on any atom is -0.465 e. The summed E-state index contributed by atoms with van der Waals surface area (Å²) < 4.78 is 31.8. The molecule has 2 rings (SSSR count). The number of carbonyl (C=O) groups excluding carboxylic acids is 1. The van der Waals surface area contributed by atoms with E-state index in [1.54, 1.807) is 12.1 Å². The molecule has 0 unspecified atom stereocenters. The quantitative estimate of drug-likeness (QED) is 0.641. The van der Waals surface area contributed by atoms with Crippen molar-refractivity contribution in [1.82, 2.24) is 0 Å². The lowest BCUT2D eigenvalue weighted by Gasteiger charge is -2.10. The number of halogens is 1. The van der Waals surface area contributed by atoms with Gasteiger partial charge in [0.2, 0.25) is 0 Å². The Labute approximate surface area is 144 Å². The van der Waals surface area contributed by atoms with E-state index in [2.05, 4.69) is 9.46 Å². The molecule has 0 aliphatic rings. The molecule has 0 saturated carbocycles. The van der Waals surface area contributed by atoms with E-state index in [-0.39, 0.29) is 21.2 Å². The summed E-state index contributed by atoms with van der Waals surface area (Å²) in [7, 11) is -2.53. The van der Waals surface area contributed by atoms with Crippen LogP contribution in [0, 0.1) is 0 Å². The van der Waals surface area contributed by atoms with E-state index < -0.39 is 16.0 Å². The first-order valence-corrected chi connectivity index (χ1v) is 9.50. The summed E-state index contributed by atoms with van der Waals surface area (Å²) in [4.78, 5) is 12.7. The number of methoxy groups -OCH3 is 1.